The third-order valence-electron chi connectivity index (χ3n) is 14.2. The zero-order chi connectivity index (χ0) is 79.6. The van der Waals surface area contributed by atoms with Gasteiger partial charge >= 0.3 is 46.9 Å². The average molecular weight is 1680 g/mol. The van der Waals surface area contributed by atoms with E-state index in [1.54, 1.807) is 0 Å². The largest absolute Gasteiger partial charge is 0.481 e. The molecule has 58 heteroatoms. The van der Waals surface area contributed by atoms with Gasteiger partial charge in [0, 0.05) is 74.2 Å². The summed E-state index contributed by atoms with van der Waals surface area (Å²) in [5.74, 6) is -2.49. The number of rotatable bonds is 42. The lowest BCUT2D eigenvalue weighted by Gasteiger charge is -2.30. The number of thioether (sulfide) groups is 2. The van der Waals surface area contributed by atoms with Crippen molar-refractivity contribution in [2.24, 2.45) is 10.8 Å². The number of hydrogen-bond acceptors (Lipinski definition) is 38. The SMILES string of the molecule is CC(C)(COP(=O)(O)OP(=O)(O)OC[C@H]1O[C@@H](n2cnc3c(N)ncnc32)[C@H](O)[C@@H]1OP(=O)(O)O)[C@@H](O)C(=O)NCCC(=O)NCCSC(=O)CCO.CC(C)(COP(=O)(O)OP(=O)(O)OC[C@H]1O[C@@H](n2cnc3c(N)ncnc32)[C@H](O)[C@@H]1OP(=O)(O)O)[C@@H](O)C(=O)NCCC(=O)NCCSC(=O)CCO. The minimum Gasteiger partial charge on any atom is -0.396 e. The van der Waals surface area contributed by atoms with Crippen LogP contribution >= 0.6 is 70.5 Å². The van der Waals surface area contributed by atoms with E-state index in [4.69, 9.17) is 49.2 Å². The first-order valence-electron chi connectivity index (χ1n) is 30.4. The number of carbonyl (C=O) groups is 6. The fourth-order valence-corrected chi connectivity index (χ4v) is 15.9. The third-order valence-corrected chi connectivity index (χ3v) is 22.2. The summed E-state index contributed by atoms with van der Waals surface area (Å²) in [4.78, 5) is 173. The monoisotopic (exact) mass is 1680 g/mol. The molecule has 4 amide bonds. The van der Waals surface area contributed by atoms with Crippen molar-refractivity contribution in [3.63, 3.8) is 0 Å². The van der Waals surface area contributed by atoms with Gasteiger partial charge < -0.3 is 112 Å². The number of hydrogen-bond donors (Lipinski definition) is 20. The van der Waals surface area contributed by atoms with Crippen molar-refractivity contribution in [2.45, 2.75) is 115 Å². The molecule has 600 valence electrons. The second-order valence-corrected chi connectivity index (χ2v) is 34.3. The standard InChI is InChI=1S/2C24H40N7O18P3S/c2*1-24(2,19(36)22(37)27-5-3-14(33)26-6-8-53-15(34)4-7-32)10-46-52(43,44)49-51(41,42)45-9-13-18(48-50(38,39)40)17(35)23(47-13)31-12-30-16-20(25)28-11-29-21(16)31/h2*11-13,17-19,23,32,35-36H,3-10H2,1-2H3,(H,26,33)(H,27,37)(H,41,42)(H,43,44)(H2,25,28,29)(H2,38,39,40)/t2*13-,17-,18-,19+,23-/m11/s1. The van der Waals surface area contributed by atoms with Gasteiger partial charge in [0.05, 0.1) is 52.3 Å². The molecule has 2 saturated heterocycles. The summed E-state index contributed by atoms with van der Waals surface area (Å²) in [5, 5.41) is 69.3. The normalized spacial score (nSPS) is 22.2. The molecular weight excluding hydrogens is 1600 g/mol. The van der Waals surface area contributed by atoms with E-state index in [1.165, 1.54) is 27.7 Å². The van der Waals surface area contributed by atoms with Crippen LogP contribution in [0.4, 0.5) is 11.6 Å². The average Bonchev–Trinajstić information content (AvgIpc) is 1.62. The number of aliphatic hydroxyl groups is 6. The number of ether oxygens (including phenoxy) is 2. The van der Waals surface area contributed by atoms with Crippen LogP contribution < -0.4 is 32.7 Å². The van der Waals surface area contributed by atoms with Crippen LogP contribution in [-0.4, -0.2) is 269 Å². The van der Waals surface area contributed by atoms with E-state index in [0.29, 0.717) is 0 Å². The summed E-state index contributed by atoms with van der Waals surface area (Å²) in [7, 11) is -32.8. The Morgan fingerprint density at radius 2 is 0.868 bits per heavy atom. The van der Waals surface area contributed by atoms with Gasteiger partial charge in [-0.3, -0.25) is 65.0 Å². The molecule has 4 unspecified atom stereocenters. The molecule has 2 fully saturated rings. The highest BCUT2D eigenvalue weighted by atomic mass is 32.2. The van der Waals surface area contributed by atoms with E-state index in [1.807, 2.05) is 0 Å². The van der Waals surface area contributed by atoms with Gasteiger partial charge in [0.1, 0.15) is 72.5 Å². The molecule has 0 spiro atoms. The Bertz CT molecular complexity index is 3740. The third kappa shape index (κ3) is 29.0. The molecule has 0 aliphatic carbocycles. The molecule has 22 N–H and O–H groups in total. The molecule has 50 nitrogen and oxygen atoms in total. The molecular formula is C48H80N14O36P6S2. The minimum absolute atomic E-state index is 0.0134. The molecule has 4 aromatic heterocycles. The molecule has 0 bridgehead atoms. The number of anilines is 2. The van der Waals surface area contributed by atoms with Gasteiger partial charge in [0.25, 0.3) is 0 Å². The number of nitrogens with zero attached hydrogens (tertiary/aromatic N) is 8. The highest BCUT2D eigenvalue weighted by Gasteiger charge is 2.53. The van der Waals surface area contributed by atoms with E-state index in [2.05, 4.69) is 68.8 Å². The van der Waals surface area contributed by atoms with Gasteiger partial charge in [-0.1, -0.05) is 51.2 Å². The number of fused-ring (bicyclic) bond motifs is 2. The lowest BCUT2D eigenvalue weighted by atomic mass is 9.87. The number of aliphatic hydroxyl groups excluding tert-OH is 6. The molecule has 0 radical (unpaired) electrons. The molecule has 14 atom stereocenters. The Balaban J connectivity index is 0.000000381. The summed E-state index contributed by atoms with van der Waals surface area (Å²) in [6.07, 6.45) is -14.0. The Hall–Kier alpha value is -4.96. The van der Waals surface area contributed by atoms with Gasteiger partial charge in [-0.2, -0.15) is 8.62 Å². The summed E-state index contributed by atoms with van der Waals surface area (Å²) in [6.45, 7) is 0.177. The first kappa shape index (κ1) is 91.6. The number of phosphoric ester groups is 6. The predicted molar refractivity (Wildman–Crippen MR) is 358 cm³/mol. The van der Waals surface area contributed by atoms with Crippen LogP contribution in [0.15, 0.2) is 25.3 Å². The Kier molecular flexibility index (Phi) is 34.4. The summed E-state index contributed by atoms with van der Waals surface area (Å²) >= 11 is 1.87. The van der Waals surface area contributed by atoms with Crippen LogP contribution in [0.5, 0.6) is 0 Å². The number of nitrogens with one attached hydrogen (secondary N) is 4. The molecule has 2 aliphatic rings. The first-order valence-corrected chi connectivity index (χ1v) is 41.4. The minimum atomic E-state index is -5.57. The van der Waals surface area contributed by atoms with Gasteiger partial charge in [-0.05, 0) is 0 Å². The lowest BCUT2D eigenvalue weighted by Crippen LogP contribution is -2.46. The van der Waals surface area contributed by atoms with Crippen LogP contribution in [0, 0.1) is 10.8 Å². The molecule has 0 saturated carbocycles. The Morgan fingerprint density at radius 3 is 1.20 bits per heavy atom. The van der Waals surface area contributed by atoms with Crippen LogP contribution in [0.2, 0.25) is 0 Å². The van der Waals surface area contributed by atoms with Crippen molar-refractivity contribution in [2.75, 3.05) is 88.8 Å². The number of nitrogen functional groups attached to an aromatic ring is 2. The summed E-state index contributed by atoms with van der Waals surface area (Å²) < 4.78 is 124. The van der Waals surface area contributed by atoms with E-state index >= 15 is 0 Å². The number of phosphoric acid groups is 6. The second-order valence-electron chi connectivity index (χ2n) is 23.5. The molecule has 6 rings (SSSR count). The van der Waals surface area contributed by atoms with Crippen molar-refractivity contribution in [1.82, 2.24) is 60.3 Å². The molecule has 0 aromatic carbocycles. The van der Waals surface area contributed by atoms with E-state index in [9.17, 15) is 116 Å². The zero-order valence-electron chi connectivity index (χ0n) is 55.9. The summed E-state index contributed by atoms with van der Waals surface area (Å²) in [6, 6.07) is 0. The number of imidazole rings is 2. The Morgan fingerprint density at radius 1 is 0.528 bits per heavy atom. The van der Waals surface area contributed by atoms with Crippen LogP contribution in [0.25, 0.3) is 22.3 Å². The lowest BCUT2D eigenvalue weighted by molar-refractivity contribution is -0.137. The molecule has 4 aromatic rings. The van der Waals surface area contributed by atoms with Gasteiger partial charge in [0.2, 0.25) is 23.6 Å². The maximum Gasteiger partial charge on any atom is 0.481 e. The predicted octanol–water partition coefficient (Wildman–Crippen LogP) is -3.91. The fourth-order valence-electron chi connectivity index (χ4n) is 8.92. The Labute approximate surface area is 607 Å². The van der Waals surface area contributed by atoms with Crippen molar-refractivity contribution in [1.29, 1.82) is 0 Å². The highest BCUT2D eigenvalue weighted by Crippen LogP contribution is 2.63. The molecule has 2 aliphatic heterocycles. The fraction of sp³-hybridized carbons (Fsp3) is 0.667. The van der Waals surface area contributed by atoms with E-state index in [-0.39, 0.29) is 121 Å². The summed E-state index contributed by atoms with van der Waals surface area (Å²) in [5.41, 5.74) is 8.47. The van der Waals surface area contributed by atoms with Crippen LogP contribution in [0.3, 0.4) is 0 Å². The van der Waals surface area contributed by atoms with Crippen molar-refractivity contribution in [3.05, 3.63) is 25.3 Å². The number of nitrogens with two attached hydrogens (primary N) is 2. The zero-order valence-corrected chi connectivity index (χ0v) is 62.9. The topological polar surface area (TPSA) is 768 Å². The molecule has 6 heterocycles. The quantitative estimate of drug-likeness (QED) is 0.0149. The van der Waals surface area contributed by atoms with E-state index in [0.717, 1.165) is 58.0 Å². The van der Waals surface area contributed by atoms with Crippen molar-refractivity contribution >= 4 is 138 Å². The highest BCUT2D eigenvalue weighted by molar-refractivity contribution is 8.13. The number of carbonyl (C=O) groups excluding carboxylic acids is 6. The smallest absolute Gasteiger partial charge is 0.396 e. The maximum absolute atomic E-state index is 12.6. The number of amides is 4. The number of aromatic nitrogens is 8. The molecule has 106 heavy (non-hydrogen) atoms. The van der Waals surface area contributed by atoms with Crippen LogP contribution in [0.1, 0.15) is 65.8 Å². The van der Waals surface area contributed by atoms with Crippen molar-refractivity contribution < 1.29 is 171 Å². The first-order chi connectivity index (χ1) is 49.1. The van der Waals surface area contributed by atoms with Gasteiger partial charge in [-0.25, -0.2) is 57.3 Å². The van der Waals surface area contributed by atoms with Crippen LogP contribution in [-0.2, 0) is 101 Å². The van der Waals surface area contributed by atoms with Gasteiger partial charge in [0.15, 0.2) is 45.6 Å². The maximum atomic E-state index is 12.6. The second kappa shape index (κ2) is 39.8. The van der Waals surface area contributed by atoms with Gasteiger partial charge in [-0.15, -0.1) is 0 Å². The van der Waals surface area contributed by atoms with Crippen molar-refractivity contribution in [3.8, 4) is 0 Å². The van der Waals surface area contributed by atoms with E-state index < -0.39 is 169 Å².